The van der Waals surface area contributed by atoms with Crippen molar-refractivity contribution in [2.24, 2.45) is 5.92 Å². The molecule has 0 atom stereocenters. The number of ether oxygens (including phenoxy) is 1. The Morgan fingerprint density at radius 1 is 1.12 bits per heavy atom. The molecular weight excluding hydrogens is 319 g/mol. The van der Waals surface area contributed by atoms with E-state index >= 15 is 0 Å². The summed E-state index contributed by atoms with van der Waals surface area (Å²) in [7, 11) is 0. The van der Waals surface area contributed by atoms with Crippen molar-refractivity contribution in [2.75, 3.05) is 5.32 Å². The normalized spacial score (nSPS) is 14.3. The lowest BCUT2D eigenvalue weighted by molar-refractivity contribution is -0.137. The Balaban J connectivity index is 1.59. The number of rotatable bonds is 5. The van der Waals surface area contributed by atoms with Crippen LogP contribution in [-0.4, -0.2) is 5.91 Å². The van der Waals surface area contributed by atoms with Crippen molar-refractivity contribution < 1.29 is 22.7 Å². The second-order valence-corrected chi connectivity index (χ2v) is 5.77. The second kappa shape index (κ2) is 6.55. The average Bonchev–Trinajstić information content (AvgIpc) is 3.38. The molecule has 0 heterocycles. The topological polar surface area (TPSA) is 38.3 Å². The van der Waals surface area contributed by atoms with Crippen molar-refractivity contribution in [3.8, 4) is 5.75 Å². The minimum Gasteiger partial charge on any atom is -0.489 e. The molecule has 1 fully saturated rings. The molecular formula is C18H16F3NO2. The van der Waals surface area contributed by atoms with Gasteiger partial charge in [-0.3, -0.25) is 4.79 Å². The maximum Gasteiger partial charge on any atom is 0.416 e. The van der Waals surface area contributed by atoms with E-state index in [2.05, 4.69) is 5.32 Å². The molecule has 0 aromatic heterocycles. The summed E-state index contributed by atoms with van der Waals surface area (Å²) in [5.41, 5.74) is 0.600. The number of carbonyl (C=O) groups is 1. The highest BCUT2D eigenvalue weighted by molar-refractivity contribution is 5.94. The highest BCUT2D eigenvalue weighted by Crippen LogP contribution is 2.31. The fraction of sp³-hybridized carbons (Fsp3) is 0.278. The molecule has 1 amide bonds. The quantitative estimate of drug-likeness (QED) is 0.865. The smallest absolute Gasteiger partial charge is 0.416 e. The molecule has 6 heteroatoms. The van der Waals surface area contributed by atoms with Gasteiger partial charge >= 0.3 is 6.18 Å². The first-order valence-corrected chi connectivity index (χ1v) is 7.62. The van der Waals surface area contributed by atoms with Gasteiger partial charge in [0.25, 0.3) is 0 Å². The SMILES string of the molecule is O=C(Nc1cccc(OCc2ccc(C(F)(F)F)cc2)c1)C1CC1. The lowest BCUT2D eigenvalue weighted by atomic mass is 10.1. The van der Waals surface area contributed by atoms with Gasteiger partial charge in [-0.15, -0.1) is 0 Å². The van der Waals surface area contributed by atoms with E-state index in [1.165, 1.54) is 12.1 Å². The van der Waals surface area contributed by atoms with Crippen LogP contribution in [0.3, 0.4) is 0 Å². The van der Waals surface area contributed by atoms with E-state index < -0.39 is 11.7 Å². The number of alkyl halides is 3. The van der Waals surface area contributed by atoms with Crippen LogP contribution in [0, 0.1) is 5.92 Å². The van der Waals surface area contributed by atoms with E-state index in [9.17, 15) is 18.0 Å². The van der Waals surface area contributed by atoms with Gasteiger partial charge in [0, 0.05) is 17.7 Å². The molecule has 3 rings (SSSR count). The molecule has 1 saturated carbocycles. The second-order valence-electron chi connectivity index (χ2n) is 5.77. The lowest BCUT2D eigenvalue weighted by Gasteiger charge is -2.10. The number of nitrogens with one attached hydrogen (secondary N) is 1. The molecule has 24 heavy (non-hydrogen) atoms. The third-order valence-corrected chi connectivity index (χ3v) is 3.74. The van der Waals surface area contributed by atoms with Crippen molar-refractivity contribution in [2.45, 2.75) is 25.6 Å². The van der Waals surface area contributed by atoms with E-state index in [0.29, 0.717) is 17.0 Å². The van der Waals surface area contributed by atoms with Crippen LogP contribution in [0.1, 0.15) is 24.0 Å². The molecule has 0 unspecified atom stereocenters. The predicted molar refractivity (Wildman–Crippen MR) is 83.6 cm³/mol. The maximum absolute atomic E-state index is 12.5. The van der Waals surface area contributed by atoms with Gasteiger partial charge in [0.15, 0.2) is 0 Å². The molecule has 0 aliphatic heterocycles. The van der Waals surface area contributed by atoms with E-state index in [0.717, 1.165) is 25.0 Å². The van der Waals surface area contributed by atoms with Gasteiger partial charge in [0.1, 0.15) is 12.4 Å². The first-order valence-electron chi connectivity index (χ1n) is 7.62. The van der Waals surface area contributed by atoms with Crippen molar-refractivity contribution >= 4 is 11.6 Å². The largest absolute Gasteiger partial charge is 0.489 e. The summed E-state index contributed by atoms with van der Waals surface area (Å²) < 4.78 is 43.1. The number of halogens is 3. The molecule has 1 aliphatic rings. The molecule has 0 spiro atoms. The number of hydrogen-bond acceptors (Lipinski definition) is 2. The Bertz CT molecular complexity index is 722. The van der Waals surface area contributed by atoms with E-state index in [1.807, 2.05) is 0 Å². The molecule has 0 bridgehead atoms. The number of benzene rings is 2. The summed E-state index contributed by atoms with van der Waals surface area (Å²) in [6.07, 6.45) is -2.49. The molecule has 0 saturated heterocycles. The average molecular weight is 335 g/mol. The van der Waals surface area contributed by atoms with E-state index in [4.69, 9.17) is 4.74 Å². The van der Waals surface area contributed by atoms with Crippen LogP contribution >= 0.6 is 0 Å². The van der Waals surface area contributed by atoms with E-state index in [-0.39, 0.29) is 18.4 Å². The molecule has 3 nitrogen and oxygen atoms in total. The zero-order chi connectivity index (χ0) is 17.2. The van der Waals surface area contributed by atoms with Crippen molar-refractivity contribution in [1.29, 1.82) is 0 Å². The summed E-state index contributed by atoms with van der Waals surface area (Å²) in [5, 5.41) is 2.82. The van der Waals surface area contributed by atoms with Gasteiger partial charge in [0.05, 0.1) is 5.56 Å². The van der Waals surface area contributed by atoms with Crippen LogP contribution in [0.25, 0.3) is 0 Å². The van der Waals surface area contributed by atoms with Crippen LogP contribution in [0.5, 0.6) is 5.75 Å². The Kier molecular flexibility index (Phi) is 4.46. The van der Waals surface area contributed by atoms with Crippen LogP contribution in [0.4, 0.5) is 18.9 Å². The summed E-state index contributed by atoms with van der Waals surface area (Å²) in [4.78, 5) is 11.7. The number of carbonyl (C=O) groups excluding carboxylic acids is 1. The van der Waals surface area contributed by atoms with Gasteiger partial charge < -0.3 is 10.1 Å². The van der Waals surface area contributed by atoms with E-state index in [1.54, 1.807) is 24.3 Å². The molecule has 0 radical (unpaired) electrons. The Morgan fingerprint density at radius 2 is 1.83 bits per heavy atom. The molecule has 1 aliphatic carbocycles. The monoisotopic (exact) mass is 335 g/mol. The minimum atomic E-state index is -4.34. The summed E-state index contributed by atoms with van der Waals surface area (Å²) in [6, 6.07) is 11.8. The Hall–Kier alpha value is -2.50. The van der Waals surface area contributed by atoms with Gasteiger partial charge in [-0.25, -0.2) is 0 Å². The van der Waals surface area contributed by atoms with Crippen molar-refractivity contribution in [1.82, 2.24) is 0 Å². The maximum atomic E-state index is 12.5. The van der Waals surface area contributed by atoms with Crippen molar-refractivity contribution in [3.05, 3.63) is 59.7 Å². The number of amides is 1. The fourth-order valence-electron chi connectivity index (χ4n) is 2.21. The third-order valence-electron chi connectivity index (χ3n) is 3.74. The zero-order valence-electron chi connectivity index (χ0n) is 12.8. The standard InChI is InChI=1S/C18H16F3NO2/c19-18(20,21)14-8-4-12(5-9-14)11-24-16-3-1-2-15(10-16)22-17(23)13-6-7-13/h1-5,8-10,13H,6-7,11H2,(H,22,23). The van der Waals surface area contributed by atoms with Gasteiger partial charge in [-0.05, 0) is 42.7 Å². The van der Waals surface area contributed by atoms with Gasteiger partial charge in [0.2, 0.25) is 5.91 Å². The third kappa shape index (κ3) is 4.28. The lowest BCUT2D eigenvalue weighted by Crippen LogP contribution is -2.13. The summed E-state index contributed by atoms with van der Waals surface area (Å²) in [6.45, 7) is 0.151. The van der Waals surface area contributed by atoms with Crippen LogP contribution in [0.15, 0.2) is 48.5 Å². The van der Waals surface area contributed by atoms with Crippen LogP contribution in [0.2, 0.25) is 0 Å². The Morgan fingerprint density at radius 3 is 2.46 bits per heavy atom. The fourth-order valence-corrected chi connectivity index (χ4v) is 2.21. The van der Waals surface area contributed by atoms with Gasteiger partial charge in [-0.1, -0.05) is 18.2 Å². The van der Waals surface area contributed by atoms with Gasteiger partial charge in [-0.2, -0.15) is 13.2 Å². The summed E-state index contributed by atoms with van der Waals surface area (Å²) in [5.74, 6) is 0.667. The Labute approximate surface area is 137 Å². The highest BCUT2D eigenvalue weighted by atomic mass is 19.4. The first-order chi connectivity index (χ1) is 11.4. The minimum absolute atomic E-state index is 0.00916. The molecule has 126 valence electrons. The van der Waals surface area contributed by atoms with Crippen LogP contribution < -0.4 is 10.1 Å². The van der Waals surface area contributed by atoms with Crippen LogP contribution in [-0.2, 0) is 17.6 Å². The molecule has 2 aromatic rings. The predicted octanol–water partition coefficient (Wildman–Crippen LogP) is 4.63. The summed E-state index contributed by atoms with van der Waals surface area (Å²) >= 11 is 0. The first kappa shape index (κ1) is 16.4. The molecule has 1 N–H and O–H groups in total. The zero-order valence-corrected chi connectivity index (χ0v) is 12.8. The number of anilines is 1. The van der Waals surface area contributed by atoms with Crippen molar-refractivity contribution in [3.63, 3.8) is 0 Å². The highest BCUT2D eigenvalue weighted by Gasteiger charge is 2.30. The molecule has 2 aromatic carbocycles. The number of hydrogen-bond donors (Lipinski definition) is 1.